The Balaban J connectivity index is 4.14. The van der Waals surface area contributed by atoms with Gasteiger partial charge < -0.3 is 24.6 Å². The minimum atomic E-state index is -4.53. The molecule has 10 heteroatoms. The van der Waals surface area contributed by atoms with Gasteiger partial charge in [0.2, 0.25) is 0 Å². The van der Waals surface area contributed by atoms with E-state index in [-0.39, 0.29) is 13.0 Å². The number of phosphoric ester groups is 1. The fraction of sp³-hybridized carbons (Fsp3) is 0.933. The van der Waals surface area contributed by atoms with Crippen molar-refractivity contribution in [3.05, 3.63) is 12.3 Å². The lowest BCUT2D eigenvalue weighted by molar-refractivity contribution is -0.153. The monoisotopic (exact) mass is 805 g/mol. The minimum Gasteiger partial charge on any atom is -0.498 e. The maximum Gasteiger partial charge on any atom is 0.472 e. The molecule has 328 valence electrons. The molecule has 0 aliphatic rings. The van der Waals surface area contributed by atoms with Crippen LogP contribution in [0.4, 0.5) is 0 Å². The van der Waals surface area contributed by atoms with Crippen molar-refractivity contribution in [2.75, 3.05) is 26.4 Å². The number of unbranched alkanes of at least 4 members (excludes halogenated alkanes) is 31. The number of phosphoric acid groups is 1. The van der Waals surface area contributed by atoms with Gasteiger partial charge in [0, 0.05) is 6.42 Å². The number of carbonyl (C=O) groups excluding carboxylic acids is 1. The fourth-order valence-electron chi connectivity index (χ4n) is 6.74. The molecule has 0 spiro atoms. The summed E-state index contributed by atoms with van der Waals surface area (Å²) >= 11 is 0. The van der Waals surface area contributed by atoms with Gasteiger partial charge in [-0.15, -0.1) is 0 Å². The summed E-state index contributed by atoms with van der Waals surface area (Å²) in [6.07, 6.45) is 44.0. The van der Waals surface area contributed by atoms with E-state index in [2.05, 4.69) is 13.8 Å². The van der Waals surface area contributed by atoms with E-state index < -0.39 is 45.8 Å². The van der Waals surface area contributed by atoms with Crippen LogP contribution in [-0.2, 0) is 27.9 Å². The highest BCUT2D eigenvalue weighted by Gasteiger charge is 2.26. The van der Waals surface area contributed by atoms with Gasteiger partial charge in [-0.1, -0.05) is 206 Å². The van der Waals surface area contributed by atoms with Gasteiger partial charge in [-0.25, -0.2) is 4.57 Å². The van der Waals surface area contributed by atoms with Crippen LogP contribution in [0.3, 0.4) is 0 Å². The largest absolute Gasteiger partial charge is 0.498 e. The summed E-state index contributed by atoms with van der Waals surface area (Å²) < 4.78 is 33.2. The number of allylic oxidation sites excluding steroid dienone is 1. The van der Waals surface area contributed by atoms with E-state index in [1.54, 1.807) is 6.26 Å². The van der Waals surface area contributed by atoms with Crippen LogP contribution in [0.5, 0.6) is 0 Å². The molecular weight excluding hydrogens is 715 g/mol. The summed E-state index contributed by atoms with van der Waals surface area (Å²) in [6, 6.07) is 0. The summed E-state index contributed by atoms with van der Waals surface area (Å²) in [5.74, 6) is -0.399. The Morgan fingerprint density at radius 3 is 1.31 bits per heavy atom. The molecule has 0 aromatic rings. The van der Waals surface area contributed by atoms with Crippen molar-refractivity contribution in [1.82, 2.24) is 0 Å². The summed E-state index contributed by atoms with van der Waals surface area (Å²) in [4.78, 5) is 22.6. The number of hydrogen-bond acceptors (Lipinski definition) is 8. The predicted octanol–water partition coefficient (Wildman–Crippen LogP) is 13.2. The molecule has 0 fully saturated rings. The Kier molecular flexibility index (Phi) is 41.9. The lowest BCUT2D eigenvalue weighted by atomic mass is 10.0. The maximum absolute atomic E-state index is 12.6. The zero-order valence-corrected chi connectivity index (χ0v) is 36.8. The van der Waals surface area contributed by atoms with Gasteiger partial charge in [0.1, 0.15) is 12.7 Å². The van der Waals surface area contributed by atoms with Crippen LogP contribution in [0.1, 0.15) is 232 Å². The summed E-state index contributed by atoms with van der Waals surface area (Å²) in [6.45, 7) is 2.93. The van der Waals surface area contributed by atoms with Crippen LogP contribution >= 0.6 is 7.82 Å². The van der Waals surface area contributed by atoms with E-state index in [1.165, 1.54) is 180 Å². The number of ether oxygens (including phenoxy) is 2. The average molecular weight is 805 g/mol. The fourth-order valence-corrected chi connectivity index (χ4v) is 7.52. The minimum absolute atomic E-state index is 0.0284. The third-order valence-electron chi connectivity index (χ3n) is 10.3. The molecule has 0 rings (SSSR count). The van der Waals surface area contributed by atoms with E-state index in [9.17, 15) is 19.4 Å². The van der Waals surface area contributed by atoms with E-state index in [1.807, 2.05) is 6.08 Å². The molecule has 9 nitrogen and oxygen atoms in total. The van der Waals surface area contributed by atoms with Crippen LogP contribution in [0.2, 0.25) is 0 Å². The maximum atomic E-state index is 12.6. The molecule has 0 amide bonds. The van der Waals surface area contributed by atoms with Crippen LogP contribution in [0.25, 0.3) is 0 Å². The third kappa shape index (κ3) is 42.5. The van der Waals surface area contributed by atoms with Crippen molar-refractivity contribution in [3.63, 3.8) is 0 Å². The third-order valence-corrected chi connectivity index (χ3v) is 11.2. The van der Waals surface area contributed by atoms with Gasteiger partial charge in [0.05, 0.1) is 26.1 Å². The Labute approximate surface area is 339 Å². The molecular formula is C45H89O9P. The first-order valence-electron chi connectivity index (χ1n) is 23.2. The van der Waals surface area contributed by atoms with Crippen LogP contribution in [0.15, 0.2) is 12.3 Å². The topological polar surface area (TPSA) is 132 Å². The first-order chi connectivity index (χ1) is 26.8. The number of esters is 1. The smallest absolute Gasteiger partial charge is 0.472 e. The summed E-state index contributed by atoms with van der Waals surface area (Å²) in [7, 11) is -4.53. The molecule has 0 aliphatic heterocycles. The second-order valence-electron chi connectivity index (χ2n) is 15.9. The van der Waals surface area contributed by atoms with Crippen molar-refractivity contribution in [2.45, 2.75) is 244 Å². The van der Waals surface area contributed by atoms with E-state index in [0.717, 1.165) is 32.1 Å². The Morgan fingerprint density at radius 1 is 0.545 bits per heavy atom. The zero-order chi connectivity index (χ0) is 40.3. The molecule has 55 heavy (non-hydrogen) atoms. The van der Waals surface area contributed by atoms with E-state index in [0.29, 0.717) is 0 Å². The lowest BCUT2D eigenvalue weighted by Crippen LogP contribution is -2.28. The Bertz CT molecular complexity index is 871. The van der Waals surface area contributed by atoms with Crippen molar-refractivity contribution in [1.29, 1.82) is 0 Å². The highest BCUT2D eigenvalue weighted by atomic mass is 31.2. The second-order valence-corrected chi connectivity index (χ2v) is 17.3. The molecule has 0 saturated heterocycles. The highest BCUT2D eigenvalue weighted by molar-refractivity contribution is 7.47. The molecule has 0 saturated carbocycles. The molecule has 0 heterocycles. The molecule has 0 aromatic heterocycles. The molecule has 0 bridgehead atoms. The van der Waals surface area contributed by atoms with Crippen molar-refractivity contribution in [2.24, 2.45) is 0 Å². The van der Waals surface area contributed by atoms with Gasteiger partial charge in [0.25, 0.3) is 0 Å². The first kappa shape index (κ1) is 54.0. The van der Waals surface area contributed by atoms with Crippen molar-refractivity contribution < 1.29 is 43.0 Å². The van der Waals surface area contributed by atoms with Gasteiger partial charge >= 0.3 is 13.8 Å². The SMILES string of the molecule is CCCCCCCCCCCCCCCC/C=C\OC[C@H](COP(=O)(O)OC[C@@H](O)CO)OC(=O)CCCCCCCCCCCCCCCCCCCC. The van der Waals surface area contributed by atoms with Gasteiger partial charge in [-0.3, -0.25) is 13.8 Å². The molecule has 0 radical (unpaired) electrons. The Morgan fingerprint density at radius 2 is 0.909 bits per heavy atom. The average Bonchev–Trinajstić information content (AvgIpc) is 3.18. The number of carbonyl (C=O) groups is 1. The highest BCUT2D eigenvalue weighted by Crippen LogP contribution is 2.43. The van der Waals surface area contributed by atoms with E-state index >= 15 is 0 Å². The van der Waals surface area contributed by atoms with Crippen LogP contribution < -0.4 is 0 Å². The number of aliphatic hydroxyl groups excluding tert-OH is 2. The molecule has 0 aliphatic carbocycles. The number of hydrogen-bond donors (Lipinski definition) is 3. The lowest BCUT2D eigenvalue weighted by Gasteiger charge is -2.20. The predicted molar refractivity (Wildman–Crippen MR) is 228 cm³/mol. The normalized spacial score (nSPS) is 14.0. The van der Waals surface area contributed by atoms with E-state index in [4.69, 9.17) is 23.6 Å². The van der Waals surface area contributed by atoms with Crippen LogP contribution in [-0.4, -0.2) is 59.7 Å². The quantitative estimate of drug-likeness (QED) is 0.0238. The number of aliphatic hydroxyl groups is 2. The van der Waals surface area contributed by atoms with Gasteiger partial charge in [-0.05, 0) is 25.3 Å². The van der Waals surface area contributed by atoms with Crippen LogP contribution in [0, 0.1) is 0 Å². The molecule has 1 unspecified atom stereocenters. The van der Waals surface area contributed by atoms with Gasteiger partial charge in [-0.2, -0.15) is 0 Å². The Hall–Kier alpha value is -0.960. The summed E-state index contributed by atoms with van der Waals surface area (Å²) in [5.41, 5.74) is 0. The van der Waals surface area contributed by atoms with Crippen molar-refractivity contribution in [3.8, 4) is 0 Å². The molecule has 3 N–H and O–H groups in total. The van der Waals surface area contributed by atoms with Crippen molar-refractivity contribution >= 4 is 13.8 Å². The standard InChI is InChI=1S/C45H89O9P/c1-3-5-7-9-11-13-15-17-19-21-22-23-25-27-29-31-33-35-37-45(48)54-44(42-53-55(49,50)52-40-43(47)39-46)41-51-38-36-34-32-30-28-26-24-20-18-16-14-12-10-8-6-4-2/h36,38,43-44,46-47H,3-35,37,39-42H2,1-2H3,(H,49,50)/b38-36-/t43-,44+/m0/s1. The summed E-state index contributed by atoms with van der Waals surface area (Å²) in [5, 5.41) is 18.4. The van der Waals surface area contributed by atoms with Gasteiger partial charge in [0.15, 0.2) is 6.10 Å². The molecule has 0 aromatic carbocycles. The zero-order valence-electron chi connectivity index (χ0n) is 35.9. The second kappa shape index (κ2) is 42.6. The number of rotatable bonds is 45. The first-order valence-corrected chi connectivity index (χ1v) is 24.7. The molecule has 3 atom stereocenters.